The van der Waals surface area contributed by atoms with Crippen LogP contribution in [0.3, 0.4) is 0 Å². The van der Waals surface area contributed by atoms with E-state index in [4.69, 9.17) is 14.2 Å². The molecule has 7 nitrogen and oxygen atoms in total. The molecule has 1 aliphatic heterocycles. The molecule has 0 radical (unpaired) electrons. The van der Waals surface area contributed by atoms with Crippen molar-refractivity contribution in [2.24, 2.45) is 7.05 Å². The van der Waals surface area contributed by atoms with Gasteiger partial charge in [-0.15, -0.1) is 11.3 Å². The van der Waals surface area contributed by atoms with Gasteiger partial charge in [-0.05, 0) is 6.07 Å². The fourth-order valence-electron chi connectivity index (χ4n) is 2.34. The van der Waals surface area contributed by atoms with Crippen LogP contribution in [0, 0.1) is 0 Å². The summed E-state index contributed by atoms with van der Waals surface area (Å²) in [5, 5.41) is 8.88. The summed E-state index contributed by atoms with van der Waals surface area (Å²) >= 11 is 1.31. The van der Waals surface area contributed by atoms with Crippen LogP contribution in [0.1, 0.15) is 21.4 Å². The molecule has 1 amide bonds. The third kappa shape index (κ3) is 2.79. The van der Waals surface area contributed by atoms with Crippen LogP contribution >= 0.6 is 11.3 Å². The van der Waals surface area contributed by atoms with Crippen molar-refractivity contribution in [1.82, 2.24) is 15.1 Å². The van der Waals surface area contributed by atoms with E-state index in [-0.39, 0.29) is 11.9 Å². The lowest BCUT2D eigenvalue weighted by Crippen LogP contribution is -2.32. The number of thiophene rings is 1. The topological polar surface area (TPSA) is 74.6 Å². The van der Waals surface area contributed by atoms with Crippen molar-refractivity contribution in [3.8, 4) is 11.5 Å². The van der Waals surface area contributed by atoms with Gasteiger partial charge < -0.3 is 19.5 Å². The number of nitrogens with zero attached hydrogens (tertiary/aromatic N) is 2. The summed E-state index contributed by atoms with van der Waals surface area (Å²) in [6, 6.07) is 1.57. The number of amides is 1. The highest BCUT2D eigenvalue weighted by Gasteiger charge is 2.26. The Labute approximate surface area is 131 Å². The van der Waals surface area contributed by atoms with Crippen molar-refractivity contribution in [3.63, 3.8) is 0 Å². The molecule has 1 N–H and O–H groups in total. The summed E-state index contributed by atoms with van der Waals surface area (Å²) < 4.78 is 17.9. The number of rotatable bonds is 5. The summed E-state index contributed by atoms with van der Waals surface area (Å²) in [6.07, 6.45) is 1.69. The highest BCUT2D eigenvalue weighted by molar-refractivity contribution is 7.12. The Morgan fingerprint density at radius 2 is 2.36 bits per heavy atom. The van der Waals surface area contributed by atoms with Crippen molar-refractivity contribution < 1.29 is 19.0 Å². The number of carbonyl (C=O) groups is 1. The van der Waals surface area contributed by atoms with Crippen LogP contribution in [0.2, 0.25) is 0 Å². The zero-order chi connectivity index (χ0) is 15.5. The summed E-state index contributed by atoms with van der Waals surface area (Å²) in [5.74, 6) is 0.945. The number of carbonyl (C=O) groups excluding carboxylic acids is 1. The fourth-order valence-corrected chi connectivity index (χ4v) is 3.17. The van der Waals surface area contributed by atoms with Gasteiger partial charge >= 0.3 is 0 Å². The molecule has 0 aliphatic carbocycles. The van der Waals surface area contributed by atoms with Gasteiger partial charge in [0.1, 0.15) is 18.1 Å². The molecule has 8 heteroatoms. The maximum atomic E-state index is 12.5. The molecule has 1 atom stereocenters. The molecule has 22 heavy (non-hydrogen) atoms. The highest BCUT2D eigenvalue weighted by atomic mass is 32.1. The summed E-state index contributed by atoms with van der Waals surface area (Å²) in [7, 11) is 3.42. The monoisotopic (exact) mass is 323 g/mol. The first-order chi connectivity index (χ1) is 10.7. The van der Waals surface area contributed by atoms with Crippen molar-refractivity contribution in [3.05, 3.63) is 28.2 Å². The van der Waals surface area contributed by atoms with Gasteiger partial charge in [-0.1, -0.05) is 0 Å². The minimum absolute atomic E-state index is 0.208. The van der Waals surface area contributed by atoms with Crippen LogP contribution in [0.5, 0.6) is 11.5 Å². The van der Waals surface area contributed by atoms with E-state index in [1.54, 1.807) is 23.4 Å². The quantitative estimate of drug-likeness (QED) is 0.899. The summed E-state index contributed by atoms with van der Waals surface area (Å²) in [5.41, 5.74) is 0.873. The van der Waals surface area contributed by atoms with E-state index in [0.29, 0.717) is 36.2 Å². The SMILES string of the molecule is COCC(NC(=O)c1scc2c1OCCO2)c1ccnn1C. The largest absolute Gasteiger partial charge is 0.485 e. The smallest absolute Gasteiger partial charge is 0.265 e. The number of aryl methyl sites for hydroxylation is 1. The van der Waals surface area contributed by atoms with E-state index in [1.807, 2.05) is 13.1 Å². The molecule has 0 saturated heterocycles. The van der Waals surface area contributed by atoms with E-state index in [9.17, 15) is 4.79 Å². The number of ether oxygens (including phenoxy) is 3. The van der Waals surface area contributed by atoms with E-state index in [2.05, 4.69) is 10.4 Å². The zero-order valence-electron chi connectivity index (χ0n) is 12.4. The average molecular weight is 323 g/mol. The van der Waals surface area contributed by atoms with Crippen molar-refractivity contribution in [2.75, 3.05) is 26.9 Å². The standard InChI is InChI=1S/C14H17N3O4S/c1-17-10(3-4-15-17)9(7-19-2)16-14(18)13-12-11(8-22-13)20-5-6-21-12/h3-4,8-9H,5-7H2,1-2H3,(H,16,18). The maximum Gasteiger partial charge on any atom is 0.265 e. The second-order valence-corrected chi connectivity index (χ2v) is 5.70. The fraction of sp³-hybridized carbons (Fsp3) is 0.429. The minimum atomic E-state index is -0.285. The van der Waals surface area contributed by atoms with Crippen LogP contribution in [0.15, 0.2) is 17.6 Å². The molecule has 3 rings (SSSR count). The lowest BCUT2D eigenvalue weighted by atomic mass is 10.2. The molecule has 2 aromatic heterocycles. The molecular formula is C14H17N3O4S. The molecule has 2 aromatic rings. The zero-order valence-corrected chi connectivity index (χ0v) is 13.2. The van der Waals surface area contributed by atoms with Gasteiger partial charge in [-0.3, -0.25) is 9.48 Å². The van der Waals surface area contributed by atoms with Gasteiger partial charge in [0.05, 0.1) is 18.3 Å². The first-order valence-electron chi connectivity index (χ1n) is 6.85. The van der Waals surface area contributed by atoms with Crippen LogP contribution in [-0.2, 0) is 11.8 Å². The molecule has 0 aromatic carbocycles. The van der Waals surface area contributed by atoms with Gasteiger partial charge in [-0.25, -0.2) is 0 Å². The van der Waals surface area contributed by atoms with E-state index in [0.717, 1.165) is 5.69 Å². The molecular weight excluding hydrogens is 306 g/mol. The first kappa shape index (κ1) is 14.9. The lowest BCUT2D eigenvalue weighted by Gasteiger charge is -2.19. The average Bonchev–Trinajstić information content (AvgIpc) is 3.12. The predicted octanol–water partition coefficient (Wildman–Crippen LogP) is 1.37. The predicted molar refractivity (Wildman–Crippen MR) is 80.6 cm³/mol. The number of nitrogens with one attached hydrogen (secondary N) is 1. The van der Waals surface area contributed by atoms with Crippen LogP contribution in [-0.4, -0.2) is 42.6 Å². The summed E-state index contributed by atoms with van der Waals surface area (Å²) in [4.78, 5) is 13.1. The number of hydrogen-bond donors (Lipinski definition) is 1. The van der Waals surface area contributed by atoms with Gasteiger partial charge in [0, 0.05) is 25.7 Å². The highest BCUT2D eigenvalue weighted by Crippen LogP contribution is 2.39. The van der Waals surface area contributed by atoms with Gasteiger partial charge in [0.15, 0.2) is 11.5 Å². The third-order valence-corrected chi connectivity index (χ3v) is 4.30. The van der Waals surface area contributed by atoms with E-state index in [1.165, 1.54) is 11.3 Å². The molecule has 0 fully saturated rings. The van der Waals surface area contributed by atoms with E-state index >= 15 is 0 Å². The van der Waals surface area contributed by atoms with Crippen LogP contribution < -0.4 is 14.8 Å². The Balaban J connectivity index is 1.80. The maximum absolute atomic E-state index is 12.5. The van der Waals surface area contributed by atoms with Crippen LogP contribution in [0.4, 0.5) is 0 Å². The Kier molecular flexibility index (Phi) is 4.30. The molecule has 3 heterocycles. The second-order valence-electron chi connectivity index (χ2n) is 4.82. The first-order valence-corrected chi connectivity index (χ1v) is 7.73. The van der Waals surface area contributed by atoms with Gasteiger partial charge in [0.2, 0.25) is 0 Å². The van der Waals surface area contributed by atoms with Crippen molar-refractivity contribution >= 4 is 17.2 Å². The third-order valence-electron chi connectivity index (χ3n) is 3.36. The lowest BCUT2D eigenvalue weighted by molar-refractivity contribution is 0.0888. The van der Waals surface area contributed by atoms with Gasteiger partial charge in [0.25, 0.3) is 5.91 Å². The Hall–Kier alpha value is -2.06. The molecule has 1 aliphatic rings. The van der Waals surface area contributed by atoms with Crippen molar-refractivity contribution in [2.45, 2.75) is 6.04 Å². The van der Waals surface area contributed by atoms with Crippen LogP contribution in [0.25, 0.3) is 0 Å². The number of hydrogen-bond acceptors (Lipinski definition) is 6. The molecule has 1 unspecified atom stereocenters. The Morgan fingerprint density at radius 3 is 3.09 bits per heavy atom. The number of methoxy groups -OCH3 is 1. The Bertz CT molecular complexity index is 667. The Morgan fingerprint density at radius 1 is 1.55 bits per heavy atom. The molecule has 0 saturated carbocycles. The normalized spacial score (nSPS) is 14.6. The van der Waals surface area contributed by atoms with Gasteiger partial charge in [-0.2, -0.15) is 5.10 Å². The molecule has 0 spiro atoms. The minimum Gasteiger partial charge on any atom is -0.485 e. The molecule has 118 valence electrons. The summed E-state index contributed by atoms with van der Waals surface area (Å²) in [6.45, 7) is 1.32. The van der Waals surface area contributed by atoms with E-state index < -0.39 is 0 Å². The number of aromatic nitrogens is 2. The number of fused-ring (bicyclic) bond motifs is 1. The molecule has 0 bridgehead atoms. The second kappa shape index (κ2) is 6.37. The van der Waals surface area contributed by atoms with Crippen molar-refractivity contribution in [1.29, 1.82) is 0 Å².